The van der Waals surface area contributed by atoms with Crippen molar-refractivity contribution >= 4 is 17.5 Å². The molecule has 30 heavy (non-hydrogen) atoms. The van der Waals surface area contributed by atoms with Crippen LogP contribution in [0.2, 0.25) is 0 Å². The number of rotatable bonds is 13. The Kier molecular flexibility index (Phi) is 9.00. The van der Waals surface area contributed by atoms with Crippen LogP contribution in [-0.2, 0) is 4.79 Å². The molecule has 0 aliphatic heterocycles. The highest BCUT2D eigenvalue weighted by atomic mass is 16.5. The summed E-state index contributed by atoms with van der Waals surface area (Å²) in [5, 5.41) is 20.3. The van der Waals surface area contributed by atoms with E-state index in [-0.39, 0.29) is 5.84 Å². The van der Waals surface area contributed by atoms with Crippen LogP contribution >= 0.6 is 0 Å². The summed E-state index contributed by atoms with van der Waals surface area (Å²) >= 11 is 0. The van der Waals surface area contributed by atoms with Gasteiger partial charge in [-0.3, -0.25) is 5.41 Å². The average Bonchev–Trinajstić information content (AvgIpc) is 2.72. The highest BCUT2D eigenvalue weighted by molar-refractivity contribution is 5.95. The average molecular weight is 414 g/mol. The van der Waals surface area contributed by atoms with E-state index >= 15 is 0 Å². The Labute approximate surface area is 177 Å². The van der Waals surface area contributed by atoms with Crippen molar-refractivity contribution in [2.45, 2.75) is 45.6 Å². The molecule has 0 radical (unpaired) electrons. The molecule has 2 rings (SSSR count). The van der Waals surface area contributed by atoms with E-state index in [2.05, 4.69) is 12.2 Å². The Morgan fingerprint density at radius 2 is 1.73 bits per heavy atom. The maximum Gasteiger partial charge on any atom is 0.330 e. The number of nitrogens with two attached hydrogens (primary N) is 1. The second kappa shape index (κ2) is 11.7. The molecule has 2 aromatic carbocycles. The van der Waals surface area contributed by atoms with Crippen LogP contribution < -0.4 is 20.5 Å². The quantitative estimate of drug-likeness (QED) is 0.217. The van der Waals surface area contributed by atoms with E-state index in [1.165, 1.54) is 6.42 Å². The van der Waals surface area contributed by atoms with Gasteiger partial charge in [0, 0.05) is 17.3 Å². The van der Waals surface area contributed by atoms with Gasteiger partial charge in [0.1, 0.15) is 17.3 Å². The number of amidine groups is 1. The molecule has 0 amide bonds. The van der Waals surface area contributed by atoms with Crippen molar-refractivity contribution in [1.82, 2.24) is 0 Å². The minimum absolute atomic E-state index is 0.0403. The maximum atomic E-state index is 12.0. The lowest BCUT2D eigenvalue weighted by atomic mass is 10.1. The predicted molar refractivity (Wildman–Crippen MR) is 119 cm³/mol. The maximum absolute atomic E-state index is 12.0. The number of hydrogen-bond acceptors (Lipinski definition) is 5. The van der Waals surface area contributed by atoms with E-state index < -0.39 is 12.0 Å². The molecule has 0 aromatic heterocycles. The molecule has 0 aliphatic carbocycles. The van der Waals surface area contributed by atoms with Crippen molar-refractivity contribution in [3.05, 3.63) is 53.6 Å². The molecule has 5 N–H and O–H groups in total. The van der Waals surface area contributed by atoms with Gasteiger partial charge in [0.15, 0.2) is 6.04 Å². The number of benzene rings is 2. The Hall–Kier alpha value is -3.22. The third-order valence-corrected chi connectivity index (χ3v) is 4.57. The number of carbonyl (C=O) groups is 1. The zero-order chi connectivity index (χ0) is 21.9. The topological polar surface area (TPSA) is 118 Å². The summed E-state index contributed by atoms with van der Waals surface area (Å²) in [6.45, 7) is 5.08. The Bertz CT molecular complexity index is 837. The van der Waals surface area contributed by atoms with Crippen molar-refractivity contribution in [2.24, 2.45) is 5.73 Å². The fraction of sp³-hybridized carbons (Fsp3) is 0.391. The number of nitrogens with one attached hydrogen (secondary N) is 2. The summed E-state index contributed by atoms with van der Waals surface area (Å²) in [7, 11) is 0. The first-order valence-corrected chi connectivity index (χ1v) is 10.3. The van der Waals surface area contributed by atoms with Crippen LogP contribution in [0, 0.1) is 5.41 Å². The van der Waals surface area contributed by atoms with Crippen molar-refractivity contribution in [3.8, 4) is 11.5 Å². The molecule has 0 spiro atoms. The number of unbranched alkanes of at least 4 members (excludes halogenated alkanes) is 3. The van der Waals surface area contributed by atoms with E-state index in [1.54, 1.807) is 42.5 Å². The van der Waals surface area contributed by atoms with Gasteiger partial charge < -0.3 is 25.6 Å². The van der Waals surface area contributed by atoms with E-state index in [1.807, 2.05) is 6.92 Å². The molecule has 0 fully saturated rings. The largest absolute Gasteiger partial charge is 0.494 e. The Morgan fingerprint density at radius 1 is 1.07 bits per heavy atom. The lowest BCUT2D eigenvalue weighted by Gasteiger charge is -2.19. The van der Waals surface area contributed by atoms with Crippen molar-refractivity contribution < 1.29 is 19.4 Å². The van der Waals surface area contributed by atoms with Crippen LogP contribution in [0.1, 0.15) is 56.7 Å². The molecule has 0 unspecified atom stereocenters. The van der Waals surface area contributed by atoms with Crippen LogP contribution in [0.5, 0.6) is 11.5 Å². The third kappa shape index (κ3) is 6.99. The molecular formula is C23H31N3O4. The van der Waals surface area contributed by atoms with Crippen molar-refractivity contribution in [1.29, 1.82) is 5.41 Å². The van der Waals surface area contributed by atoms with Gasteiger partial charge in [-0.2, -0.15) is 0 Å². The fourth-order valence-corrected chi connectivity index (χ4v) is 3.01. The minimum Gasteiger partial charge on any atom is -0.494 e. The van der Waals surface area contributed by atoms with Gasteiger partial charge in [0.2, 0.25) is 0 Å². The van der Waals surface area contributed by atoms with Gasteiger partial charge in [-0.05, 0) is 55.3 Å². The number of nitrogen functional groups attached to an aromatic ring is 1. The molecule has 162 valence electrons. The number of hydrogen-bond donors (Lipinski definition) is 4. The van der Waals surface area contributed by atoms with Crippen molar-refractivity contribution in [2.75, 3.05) is 18.5 Å². The summed E-state index contributed by atoms with van der Waals surface area (Å²) in [6, 6.07) is 11.0. The van der Waals surface area contributed by atoms with Gasteiger partial charge in [-0.1, -0.05) is 26.2 Å². The van der Waals surface area contributed by atoms with Crippen LogP contribution in [0.25, 0.3) is 0 Å². The summed E-state index contributed by atoms with van der Waals surface area (Å²) in [6.07, 6.45) is 4.37. The van der Waals surface area contributed by atoms with E-state index in [0.717, 1.165) is 19.3 Å². The fourth-order valence-electron chi connectivity index (χ4n) is 3.01. The summed E-state index contributed by atoms with van der Waals surface area (Å²) in [5.41, 5.74) is 7.19. The highest BCUT2D eigenvalue weighted by Crippen LogP contribution is 2.29. The second-order valence-electron chi connectivity index (χ2n) is 6.99. The number of carboxylic acids is 1. The lowest BCUT2D eigenvalue weighted by Crippen LogP contribution is -2.21. The van der Waals surface area contributed by atoms with Gasteiger partial charge in [0.25, 0.3) is 0 Å². The number of carboxylic acid groups (broad SMARTS) is 1. The lowest BCUT2D eigenvalue weighted by molar-refractivity contribution is -0.138. The van der Waals surface area contributed by atoms with Gasteiger partial charge >= 0.3 is 5.97 Å². The first kappa shape index (κ1) is 23.1. The van der Waals surface area contributed by atoms with Gasteiger partial charge in [0.05, 0.1) is 13.2 Å². The SMILES string of the molecule is CCCCCCOc1cc(OCC)cc([C@@H](Nc2ccc(C(=N)N)cc2)C(=O)O)c1. The summed E-state index contributed by atoms with van der Waals surface area (Å²) < 4.78 is 11.5. The standard InChI is InChI=1S/C23H31N3O4/c1-3-5-6-7-12-30-20-14-17(13-19(15-20)29-4-2)21(23(27)28)26-18-10-8-16(9-11-18)22(24)25/h8-11,13-15,21,26H,3-7,12H2,1-2H3,(H3,24,25)(H,27,28)/t21-/m1/s1. The van der Waals surface area contributed by atoms with E-state index in [0.29, 0.717) is 41.5 Å². The van der Waals surface area contributed by atoms with Crippen LogP contribution in [0.15, 0.2) is 42.5 Å². The minimum atomic E-state index is -1.02. The van der Waals surface area contributed by atoms with Crippen LogP contribution in [0.3, 0.4) is 0 Å². The van der Waals surface area contributed by atoms with Crippen LogP contribution in [-0.4, -0.2) is 30.1 Å². The molecule has 7 nitrogen and oxygen atoms in total. The predicted octanol–water partition coefficient (Wildman–Crippen LogP) is 4.57. The molecule has 0 bridgehead atoms. The monoisotopic (exact) mass is 413 g/mol. The normalized spacial score (nSPS) is 11.5. The molecule has 0 aliphatic rings. The van der Waals surface area contributed by atoms with Crippen molar-refractivity contribution in [3.63, 3.8) is 0 Å². The Morgan fingerprint density at radius 3 is 2.30 bits per heavy atom. The zero-order valence-electron chi connectivity index (χ0n) is 17.6. The number of ether oxygens (including phenoxy) is 2. The van der Waals surface area contributed by atoms with E-state index in [4.69, 9.17) is 20.6 Å². The molecular weight excluding hydrogens is 382 g/mol. The molecule has 2 aromatic rings. The number of aliphatic carboxylic acids is 1. The second-order valence-corrected chi connectivity index (χ2v) is 6.99. The highest BCUT2D eigenvalue weighted by Gasteiger charge is 2.21. The molecule has 7 heteroatoms. The number of anilines is 1. The summed E-state index contributed by atoms with van der Waals surface area (Å²) in [5.74, 6) is 0.0978. The Balaban J connectivity index is 2.21. The summed E-state index contributed by atoms with van der Waals surface area (Å²) in [4.78, 5) is 12.0. The molecule has 1 atom stereocenters. The third-order valence-electron chi connectivity index (χ3n) is 4.57. The molecule has 0 saturated carbocycles. The van der Waals surface area contributed by atoms with Gasteiger partial charge in [-0.25, -0.2) is 4.79 Å². The van der Waals surface area contributed by atoms with Gasteiger partial charge in [-0.15, -0.1) is 0 Å². The smallest absolute Gasteiger partial charge is 0.330 e. The first-order chi connectivity index (χ1) is 14.4. The molecule has 0 heterocycles. The first-order valence-electron chi connectivity index (χ1n) is 10.3. The zero-order valence-corrected chi connectivity index (χ0v) is 17.6. The molecule has 0 saturated heterocycles. The van der Waals surface area contributed by atoms with E-state index in [9.17, 15) is 9.90 Å². The van der Waals surface area contributed by atoms with Crippen LogP contribution in [0.4, 0.5) is 5.69 Å².